The maximum Gasteiger partial charge on any atom is 0.247 e. The number of H-pyrrole nitrogens is 1. The summed E-state index contributed by atoms with van der Waals surface area (Å²) in [5.74, 6) is 0.419. The molecule has 3 aromatic carbocycles. The normalized spacial score (nSPS) is 18.6. The van der Waals surface area contributed by atoms with E-state index >= 15 is 0 Å². The smallest absolute Gasteiger partial charge is 0.247 e. The van der Waals surface area contributed by atoms with E-state index in [2.05, 4.69) is 108 Å². The van der Waals surface area contributed by atoms with E-state index in [0.29, 0.717) is 10.7 Å². The molecule has 41 heavy (non-hydrogen) atoms. The van der Waals surface area contributed by atoms with E-state index in [4.69, 9.17) is 17.1 Å². The largest absolute Gasteiger partial charge is 0.378 e. The molecule has 1 heterocycles. The van der Waals surface area contributed by atoms with Gasteiger partial charge in [0.1, 0.15) is 0 Å². The first-order chi connectivity index (χ1) is 19.8. The minimum absolute atomic E-state index is 0.0824. The van der Waals surface area contributed by atoms with Crippen LogP contribution < -0.4 is 15.3 Å². The molecule has 1 aromatic heterocycles. The Hall–Kier alpha value is -4.02. The van der Waals surface area contributed by atoms with Gasteiger partial charge in [-0.05, 0) is 96.4 Å². The minimum Gasteiger partial charge on any atom is -0.378 e. The first-order valence-corrected chi connectivity index (χ1v) is 14.3. The van der Waals surface area contributed by atoms with Crippen LogP contribution >= 0.6 is 12.2 Å². The number of nitrogens with one attached hydrogen (secondary N) is 2. The Morgan fingerprint density at radius 3 is 2.24 bits per heavy atom. The summed E-state index contributed by atoms with van der Waals surface area (Å²) in [6.07, 6.45) is 2.75. The average molecular weight is 572 g/mol. The van der Waals surface area contributed by atoms with E-state index in [-0.39, 0.29) is 24.3 Å². The van der Waals surface area contributed by atoms with Crippen LogP contribution in [-0.4, -0.2) is 60.4 Å². The SMILES string of the molecule is CN(C)c1cccc(C2CCC(ONC(=O)Cc3cccc(-n4[nH]nnc4=S)c3)CC2c2cccc(N(C)C)c2)c1. The van der Waals surface area contributed by atoms with E-state index in [0.717, 1.165) is 30.5 Å². The third-order valence-corrected chi connectivity index (χ3v) is 8.04. The molecule has 1 aliphatic carbocycles. The maximum atomic E-state index is 12.9. The summed E-state index contributed by atoms with van der Waals surface area (Å²) in [4.78, 5) is 23.2. The Morgan fingerprint density at radius 2 is 1.61 bits per heavy atom. The Balaban J connectivity index is 1.29. The highest BCUT2D eigenvalue weighted by atomic mass is 32.1. The minimum atomic E-state index is -0.194. The molecule has 214 valence electrons. The number of hydroxylamine groups is 1. The van der Waals surface area contributed by atoms with E-state index in [9.17, 15) is 4.79 Å². The van der Waals surface area contributed by atoms with Gasteiger partial charge in [0.2, 0.25) is 10.7 Å². The Kier molecular flexibility index (Phi) is 8.80. The molecule has 3 atom stereocenters. The first kappa shape index (κ1) is 28.5. The van der Waals surface area contributed by atoms with Crippen molar-refractivity contribution in [1.82, 2.24) is 25.7 Å². The van der Waals surface area contributed by atoms with Crippen molar-refractivity contribution < 1.29 is 9.63 Å². The van der Waals surface area contributed by atoms with Crippen molar-refractivity contribution in [2.75, 3.05) is 38.0 Å². The van der Waals surface area contributed by atoms with E-state index in [1.54, 1.807) is 4.68 Å². The maximum absolute atomic E-state index is 12.9. The summed E-state index contributed by atoms with van der Waals surface area (Å²) < 4.78 is 1.91. The Bertz CT molecular complexity index is 1550. The van der Waals surface area contributed by atoms with Crippen molar-refractivity contribution >= 4 is 29.5 Å². The summed E-state index contributed by atoms with van der Waals surface area (Å²) in [5.41, 5.74) is 9.34. The van der Waals surface area contributed by atoms with Gasteiger partial charge in [-0.2, -0.15) is 5.21 Å². The van der Waals surface area contributed by atoms with Crippen LogP contribution in [-0.2, 0) is 16.1 Å². The number of rotatable bonds is 9. The fourth-order valence-corrected chi connectivity index (χ4v) is 5.80. The molecule has 3 unspecified atom stereocenters. The molecule has 9 nitrogen and oxygen atoms in total. The molecule has 0 radical (unpaired) electrons. The average Bonchev–Trinajstić information content (AvgIpc) is 3.42. The molecule has 0 aliphatic heterocycles. The Morgan fingerprint density at radius 1 is 0.951 bits per heavy atom. The zero-order chi connectivity index (χ0) is 28.9. The van der Waals surface area contributed by atoms with Crippen LogP contribution in [0.5, 0.6) is 0 Å². The van der Waals surface area contributed by atoms with Gasteiger partial charge in [-0.1, -0.05) is 46.7 Å². The fraction of sp³-hybridized carbons (Fsp3) is 0.355. The van der Waals surface area contributed by atoms with Crippen LogP contribution in [0.25, 0.3) is 5.69 Å². The van der Waals surface area contributed by atoms with Crippen LogP contribution in [0.15, 0.2) is 72.8 Å². The molecular formula is C31H37N7O2S. The molecule has 10 heteroatoms. The van der Waals surface area contributed by atoms with Crippen LogP contribution in [0.1, 0.15) is 47.8 Å². The third kappa shape index (κ3) is 6.83. The first-order valence-electron chi connectivity index (χ1n) is 13.9. The highest BCUT2D eigenvalue weighted by Crippen LogP contribution is 2.45. The molecule has 1 fully saturated rings. The van der Waals surface area contributed by atoms with Gasteiger partial charge >= 0.3 is 0 Å². The second-order valence-corrected chi connectivity index (χ2v) is 11.4. The Labute approximate surface area is 246 Å². The molecule has 1 saturated carbocycles. The van der Waals surface area contributed by atoms with Crippen LogP contribution in [0.2, 0.25) is 0 Å². The molecule has 1 aliphatic rings. The summed E-state index contributed by atoms with van der Waals surface area (Å²) in [6, 6.07) is 25.1. The van der Waals surface area contributed by atoms with E-state index < -0.39 is 0 Å². The molecular weight excluding hydrogens is 534 g/mol. The number of amides is 1. The molecule has 2 N–H and O–H groups in total. The summed E-state index contributed by atoms with van der Waals surface area (Å²) >= 11 is 5.19. The zero-order valence-electron chi connectivity index (χ0n) is 23.9. The number of hydrogen-bond acceptors (Lipinski definition) is 7. The van der Waals surface area contributed by atoms with Gasteiger partial charge < -0.3 is 9.80 Å². The summed E-state index contributed by atoms with van der Waals surface area (Å²) in [7, 11) is 8.28. The molecule has 1 amide bonds. The highest BCUT2D eigenvalue weighted by Gasteiger charge is 2.34. The predicted molar refractivity (Wildman–Crippen MR) is 164 cm³/mol. The lowest BCUT2D eigenvalue weighted by atomic mass is 9.71. The quantitative estimate of drug-likeness (QED) is 0.212. The van der Waals surface area contributed by atoms with Crippen molar-refractivity contribution in [3.63, 3.8) is 0 Å². The second kappa shape index (κ2) is 12.7. The van der Waals surface area contributed by atoms with Crippen molar-refractivity contribution in [1.29, 1.82) is 0 Å². The van der Waals surface area contributed by atoms with Crippen molar-refractivity contribution in [2.45, 2.75) is 43.6 Å². The molecule has 4 aromatic rings. The zero-order valence-corrected chi connectivity index (χ0v) is 24.8. The lowest BCUT2D eigenvalue weighted by molar-refractivity contribution is -0.140. The number of hydrogen-bond donors (Lipinski definition) is 2. The number of anilines is 2. The molecule has 5 rings (SSSR count). The lowest BCUT2D eigenvalue weighted by Gasteiger charge is -2.37. The molecule has 0 bridgehead atoms. The summed E-state index contributed by atoms with van der Waals surface area (Å²) in [6.45, 7) is 0. The summed E-state index contributed by atoms with van der Waals surface area (Å²) in [5, 5.41) is 10.3. The van der Waals surface area contributed by atoms with Gasteiger partial charge in [-0.25, -0.2) is 10.2 Å². The number of nitrogens with zero attached hydrogens (tertiary/aromatic N) is 5. The van der Waals surface area contributed by atoms with Crippen LogP contribution in [0.4, 0.5) is 11.4 Å². The van der Waals surface area contributed by atoms with E-state index in [1.807, 2.05) is 24.3 Å². The number of aromatic nitrogens is 4. The van der Waals surface area contributed by atoms with Gasteiger partial charge in [0, 0.05) is 39.6 Å². The standard InChI is InChI=1S/C31H37N7O2S/c1-36(2)24-11-6-9-22(18-24)28-15-14-27(20-29(28)23-10-7-12-25(19-23)37(3)4)40-33-30(39)17-21-8-5-13-26(16-21)38-31(41)32-34-35-38/h5-13,16,18-19,27-29H,14-15,17,20H2,1-4H3,(H,33,39)(H,32,35,41). The van der Waals surface area contributed by atoms with Crippen LogP contribution in [0.3, 0.4) is 0 Å². The second-order valence-electron chi connectivity index (χ2n) is 11.0. The van der Waals surface area contributed by atoms with Gasteiger partial charge in [0.15, 0.2) is 0 Å². The van der Waals surface area contributed by atoms with Crippen molar-refractivity contribution in [3.8, 4) is 5.69 Å². The fourth-order valence-electron chi connectivity index (χ4n) is 5.62. The van der Waals surface area contributed by atoms with Gasteiger partial charge in [-0.15, -0.1) is 0 Å². The predicted octanol–water partition coefficient (Wildman–Crippen LogP) is 5.17. The van der Waals surface area contributed by atoms with Gasteiger partial charge in [0.25, 0.3) is 0 Å². The topological polar surface area (TPSA) is 91.3 Å². The van der Waals surface area contributed by atoms with Crippen LogP contribution in [0, 0.1) is 4.77 Å². The van der Waals surface area contributed by atoms with Gasteiger partial charge in [0.05, 0.1) is 18.2 Å². The number of aromatic amines is 1. The number of carbonyl (C=O) groups excluding carboxylic acids is 1. The monoisotopic (exact) mass is 571 g/mol. The highest BCUT2D eigenvalue weighted by molar-refractivity contribution is 7.71. The number of carbonyl (C=O) groups is 1. The number of tetrazole rings is 1. The van der Waals surface area contributed by atoms with Crippen molar-refractivity contribution in [2.24, 2.45) is 0 Å². The lowest BCUT2D eigenvalue weighted by Crippen LogP contribution is -2.35. The number of benzene rings is 3. The van der Waals surface area contributed by atoms with Gasteiger partial charge in [-0.3, -0.25) is 9.63 Å². The van der Waals surface area contributed by atoms with E-state index in [1.165, 1.54) is 22.5 Å². The molecule has 0 saturated heterocycles. The third-order valence-electron chi connectivity index (χ3n) is 7.78. The molecule has 0 spiro atoms. The van der Waals surface area contributed by atoms with Crippen molar-refractivity contribution in [3.05, 3.63) is 94.3 Å².